The fourth-order valence-electron chi connectivity index (χ4n) is 2.71. The molecule has 15 heavy (non-hydrogen) atoms. The number of rotatable bonds is 2. The van der Waals surface area contributed by atoms with Crippen molar-refractivity contribution in [2.24, 2.45) is 0 Å². The molecule has 3 heteroatoms. The monoisotopic (exact) mass is 212 g/mol. The molecule has 0 aromatic heterocycles. The molecule has 0 spiro atoms. The number of ether oxygens (including phenoxy) is 1. The summed E-state index contributed by atoms with van der Waals surface area (Å²) in [7, 11) is 0. The standard InChI is InChI=1S/C12H24N2O/c1-2-11-3-7-14(8-6-13-11)12-4-9-15-10-5-12/h11-13H,2-10H2,1H3. The lowest BCUT2D eigenvalue weighted by atomic mass is 10.1. The SMILES string of the molecule is CCC1CCN(C2CCOCC2)CCN1. The van der Waals surface area contributed by atoms with Crippen LogP contribution in [0.2, 0.25) is 0 Å². The molecule has 3 nitrogen and oxygen atoms in total. The van der Waals surface area contributed by atoms with Crippen LogP contribution >= 0.6 is 0 Å². The summed E-state index contributed by atoms with van der Waals surface area (Å²) in [5.41, 5.74) is 0. The van der Waals surface area contributed by atoms with Crippen molar-refractivity contribution in [2.75, 3.05) is 32.8 Å². The maximum atomic E-state index is 5.42. The molecule has 1 unspecified atom stereocenters. The number of hydrogen-bond donors (Lipinski definition) is 1. The van der Waals surface area contributed by atoms with E-state index in [0.29, 0.717) is 0 Å². The first kappa shape index (κ1) is 11.4. The van der Waals surface area contributed by atoms with Crippen molar-refractivity contribution in [3.63, 3.8) is 0 Å². The van der Waals surface area contributed by atoms with E-state index in [1.807, 2.05) is 0 Å². The molecule has 2 fully saturated rings. The van der Waals surface area contributed by atoms with Gasteiger partial charge in [-0.25, -0.2) is 0 Å². The van der Waals surface area contributed by atoms with Crippen LogP contribution in [0.5, 0.6) is 0 Å². The first-order chi connectivity index (χ1) is 7.40. The smallest absolute Gasteiger partial charge is 0.0480 e. The first-order valence-electron chi connectivity index (χ1n) is 6.45. The van der Waals surface area contributed by atoms with E-state index >= 15 is 0 Å². The van der Waals surface area contributed by atoms with Gasteiger partial charge in [-0.1, -0.05) is 6.92 Å². The summed E-state index contributed by atoms with van der Waals surface area (Å²) in [5.74, 6) is 0. The highest BCUT2D eigenvalue weighted by atomic mass is 16.5. The minimum absolute atomic E-state index is 0.745. The van der Waals surface area contributed by atoms with E-state index in [-0.39, 0.29) is 0 Å². The zero-order valence-electron chi connectivity index (χ0n) is 9.87. The molecule has 2 saturated heterocycles. The Kier molecular flexibility index (Phi) is 4.42. The zero-order valence-corrected chi connectivity index (χ0v) is 9.87. The van der Waals surface area contributed by atoms with Crippen LogP contribution in [-0.2, 0) is 4.74 Å². The summed E-state index contributed by atoms with van der Waals surface area (Å²) in [5, 5.41) is 3.63. The summed E-state index contributed by atoms with van der Waals surface area (Å²) in [6.45, 7) is 7.87. The maximum absolute atomic E-state index is 5.42. The summed E-state index contributed by atoms with van der Waals surface area (Å²) < 4.78 is 5.42. The molecule has 0 aliphatic carbocycles. The highest BCUT2D eigenvalue weighted by Gasteiger charge is 2.23. The van der Waals surface area contributed by atoms with Crippen LogP contribution in [0.3, 0.4) is 0 Å². The third-order valence-electron chi connectivity index (χ3n) is 3.80. The van der Waals surface area contributed by atoms with Gasteiger partial charge in [0.2, 0.25) is 0 Å². The van der Waals surface area contributed by atoms with E-state index in [2.05, 4.69) is 17.1 Å². The molecule has 0 radical (unpaired) electrons. The Morgan fingerprint density at radius 3 is 2.73 bits per heavy atom. The Bertz CT molecular complexity index is 180. The molecule has 2 heterocycles. The molecule has 2 aliphatic rings. The highest BCUT2D eigenvalue weighted by molar-refractivity contribution is 4.80. The van der Waals surface area contributed by atoms with Gasteiger partial charge in [-0.05, 0) is 32.2 Å². The van der Waals surface area contributed by atoms with Crippen LogP contribution in [0, 0.1) is 0 Å². The van der Waals surface area contributed by atoms with Crippen molar-refractivity contribution in [3.8, 4) is 0 Å². The number of hydrogen-bond acceptors (Lipinski definition) is 3. The van der Waals surface area contributed by atoms with Gasteiger partial charge in [0.05, 0.1) is 0 Å². The fourth-order valence-corrected chi connectivity index (χ4v) is 2.71. The Hall–Kier alpha value is -0.120. The molecule has 1 N–H and O–H groups in total. The van der Waals surface area contributed by atoms with Gasteiger partial charge in [0.25, 0.3) is 0 Å². The van der Waals surface area contributed by atoms with Crippen molar-refractivity contribution < 1.29 is 4.74 Å². The van der Waals surface area contributed by atoms with Crippen LogP contribution in [0.15, 0.2) is 0 Å². The van der Waals surface area contributed by atoms with Crippen molar-refractivity contribution in [1.82, 2.24) is 10.2 Å². The van der Waals surface area contributed by atoms with Gasteiger partial charge in [-0.3, -0.25) is 4.90 Å². The second kappa shape index (κ2) is 5.83. The van der Waals surface area contributed by atoms with Gasteiger partial charge in [0.1, 0.15) is 0 Å². The van der Waals surface area contributed by atoms with Crippen molar-refractivity contribution >= 4 is 0 Å². The average Bonchev–Trinajstić information content (AvgIpc) is 2.55. The molecule has 1 atom stereocenters. The van der Waals surface area contributed by atoms with Crippen molar-refractivity contribution in [3.05, 3.63) is 0 Å². The summed E-state index contributed by atoms with van der Waals surface area (Å²) in [6, 6.07) is 1.53. The van der Waals surface area contributed by atoms with Gasteiger partial charge in [0.15, 0.2) is 0 Å². The minimum Gasteiger partial charge on any atom is -0.381 e. The Morgan fingerprint density at radius 2 is 2.00 bits per heavy atom. The largest absolute Gasteiger partial charge is 0.381 e. The molecular formula is C12H24N2O. The van der Waals surface area contributed by atoms with Gasteiger partial charge >= 0.3 is 0 Å². The lowest BCUT2D eigenvalue weighted by Gasteiger charge is -2.33. The quantitative estimate of drug-likeness (QED) is 0.745. The summed E-state index contributed by atoms with van der Waals surface area (Å²) in [4.78, 5) is 2.67. The topological polar surface area (TPSA) is 24.5 Å². The second-order valence-electron chi connectivity index (χ2n) is 4.73. The maximum Gasteiger partial charge on any atom is 0.0480 e. The van der Waals surface area contributed by atoms with Gasteiger partial charge in [0, 0.05) is 38.4 Å². The molecule has 88 valence electrons. The summed E-state index contributed by atoms with van der Waals surface area (Å²) in [6.07, 6.45) is 5.04. The van der Waals surface area contributed by atoms with E-state index in [9.17, 15) is 0 Å². The molecule has 0 saturated carbocycles. The normalized spacial score (nSPS) is 31.4. The Labute approximate surface area is 93.2 Å². The number of nitrogens with zero attached hydrogens (tertiary/aromatic N) is 1. The number of nitrogens with one attached hydrogen (secondary N) is 1. The van der Waals surface area contributed by atoms with Gasteiger partial charge in [-0.15, -0.1) is 0 Å². The minimum atomic E-state index is 0.745. The lowest BCUT2D eigenvalue weighted by Crippen LogP contribution is -2.41. The molecular weight excluding hydrogens is 188 g/mol. The van der Waals surface area contributed by atoms with Crippen LogP contribution < -0.4 is 5.32 Å². The van der Waals surface area contributed by atoms with Crippen LogP contribution in [0.25, 0.3) is 0 Å². The second-order valence-corrected chi connectivity index (χ2v) is 4.73. The van der Waals surface area contributed by atoms with Crippen LogP contribution in [0.4, 0.5) is 0 Å². The van der Waals surface area contributed by atoms with Crippen molar-refractivity contribution in [1.29, 1.82) is 0 Å². The molecule has 0 aromatic carbocycles. The summed E-state index contributed by atoms with van der Waals surface area (Å²) >= 11 is 0. The zero-order chi connectivity index (χ0) is 10.5. The first-order valence-corrected chi connectivity index (χ1v) is 6.45. The van der Waals surface area contributed by atoms with Crippen LogP contribution in [0.1, 0.15) is 32.6 Å². The van der Waals surface area contributed by atoms with Crippen LogP contribution in [-0.4, -0.2) is 49.8 Å². The van der Waals surface area contributed by atoms with E-state index < -0.39 is 0 Å². The Balaban J connectivity index is 1.81. The molecule has 2 rings (SSSR count). The lowest BCUT2D eigenvalue weighted by molar-refractivity contribution is 0.0361. The van der Waals surface area contributed by atoms with E-state index in [1.54, 1.807) is 0 Å². The van der Waals surface area contributed by atoms with E-state index in [4.69, 9.17) is 4.74 Å². The average molecular weight is 212 g/mol. The third kappa shape index (κ3) is 3.16. The van der Waals surface area contributed by atoms with E-state index in [0.717, 1.165) is 31.8 Å². The van der Waals surface area contributed by atoms with E-state index in [1.165, 1.54) is 38.8 Å². The molecule has 0 aromatic rings. The van der Waals surface area contributed by atoms with Gasteiger partial charge in [-0.2, -0.15) is 0 Å². The highest BCUT2D eigenvalue weighted by Crippen LogP contribution is 2.16. The predicted octanol–water partition coefficient (Wildman–Crippen LogP) is 1.24. The Morgan fingerprint density at radius 1 is 1.20 bits per heavy atom. The molecule has 0 bridgehead atoms. The fraction of sp³-hybridized carbons (Fsp3) is 1.00. The predicted molar refractivity (Wildman–Crippen MR) is 62.1 cm³/mol. The third-order valence-corrected chi connectivity index (χ3v) is 3.80. The van der Waals surface area contributed by atoms with Gasteiger partial charge < -0.3 is 10.1 Å². The van der Waals surface area contributed by atoms with Crippen molar-refractivity contribution in [2.45, 2.75) is 44.7 Å². The molecule has 2 aliphatic heterocycles. The molecule has 0 amide bonds.